The minimum Gasteiger partial charge on any atom is -0.490 e. The van der Waals surface area contributed by atoms with Gasteiger partial charge in [0.25, 0.3) is 0 Å². The van der Waals surface area contributed by atoms with Gasteiger partial charge in [0.15, 0.2) is 22.9 Å². The van der Waals surface area contributed by atoms with E-state index in [0.29, 0.717) is 12.4 Å². The number of ether oxygens (including phenoxy) is 3. The maximum absolute atomic E-state index is 12.7. The zero-order chi connectivity index (χ0) is 20.4. The molecular weight excluding hydrogens is 356 g/mol. The molecule has 8 heteroatoms. The molecule has 0 radical (unpaired) electrons. The summed E-state index contributed by atoms with van der Waals surface area (Å²) in [6, 6.07) is 3.34. The van der Waals surface area contributed by atoms with Gasteiger partial charge in [-0.1, -0.05) is 0 Å². The van der Waals surface area contributed by atoms with E-state index >= 15 is 0 Å². The molecule has 0 amide bonds. The number of carbonyl (C=O) groups is 1. The molecule has 4 N–H and O–H groups in total. The average Bonchev–Trinajstić information content (AvgIpc) is 2.62. The number of benzene rings is 1. The highest BCUT2D eigenvalue weighted by Crippen LogP contribution is 2.47. The largest absolute Gasteiger partial charge is 0.490 e. The number of aliphatic hydroxyl groups is 4. The fourth-order valence-electron chi connectivity index (χ4n) is 3.45. The van der Waals surface area contributed by atoms with Crippen molar-refractivity contribution < 1.29 is 39.4 Å². The molecule has 0 spiro atoms. The normalized spacial score (nSPS) is 30.8. The molecule has 0 aliphatic carbocycles. The molecular formula is C19H28O8. The summed E-state index contributed by atoms with van der Waals surface area (Å²) < 4.78 is 17.1. The number of ketones is 1. The van der Waals surface area contributed by atoms with Gasteiger partial charge in [0, 0.05) is 5.56 Å². The second-order valence-electron chi connectivity index (χ2n) is 6.56. The highest BCUT2D eigenvalue weighted by Gasteiger charge is 2.58. The van der Waals surface area contributed by atoms with E-state index in [-0.39, 0.29) is 17.9 Å². The summed E-state index contributed by atoms with van der Waals surface area (Å²) in [5.74, 6) is -0.0279. The fourth-order valence-corrected chi connectivity index (χ4v) is 3.45. The van der Waals surface area contributed by atoms with Gasteiger partial charge in [-0.2, -0.15) is 0 Å². The van der Waals surface area contributed by atoms with Gasteiger partial charge in [-0.15, -0.1) is 0 Å². The lowest BCUT2D eigenvalue weighted by atomic mass is 9.76. The predicted octanol–water partition coefficient (Wildman–Crippen LogP) is 0.0505. The molecule has 1 heterocycles. The van der Waals surface area contributed by atoms with Crippen LogP contribution in [-0.4, -0.2) is 70.4 Å². The van der Waals surface area contributed by atoms with E-state index in [9.17, 15) is 25.2 Å². The third kappa shape index (κ3) is 3.68. The molecule has 2 rings (SSSR count). The monoisotopic (exact) mass is 384 g/mol. The Hall–Kier alpha value is -1.71. The third-order valence-corrected chi connectivity index (χ3v) is 4.70. The summed E-state index contributed by atoms with van der Waals surface area (Å²) in [5, 5.41) is 40.7. The molecule has 1 saturated heterocycles. The Bertz CT molecular complexity index is 674. The molecule has 0 bridgehead atoms. The number of rotatable bonds is 7. The summed E-state index contributed by atoms with van der Waals surface area (Å²) in [6.45, 7) is 6.50. The van der Waals surface area contributed by atoms with Crippen molar-refractivity contribution in [3.05, 3.63) is 23.3 Å². The molecule has 1 unspecified atom stereocenters. The van der Waals surface area contributed by atoms with Gasteiger partial charge < -0.3 is 34.6 Å². The van der Waals surface area contributed by atoms with Crippen LogP contribution in [0.1, 0.15) is 31.9 Å². The molecule has 1 aromatic carbocycles. The molecule has 8 nitrogen and oxygen atoms in total. The molecule has 1 fully saturated rings. The highest BCUT2D eigenvalue weighted by molar-refractivity contribution is 5.89. The van der Waals surface area contributed by atoms with Crippen molar-refractivity contribution in [3.63, 3.8) is 0 Å². The van der Waals surface area contributed by atoms with Crippen molar-refractivity contribution in [1.82, 2.24) is 0 Å². The van der Waals surface area contributed by atoms with E-state index in [1.807, 2.05) is 0 Å². The first kappa shape index (κ1) is 21.6. The first-order chi connectivity index (χ1) is 12.7. The summed E-state index contributed by atoms with van der Waals surface area (Å²) in [5.41, 5.74) is -1.14. The highest BCUT2D eigenvalue weighted by atomic mass is 16.6. The Kier molecular flexibility index (Phi) is 6.82. The van der Waals surface area contributed by atoms with E-state index in [1.54, 1.807) is 32.9 Å². The van der Waals surface area contributed by atoms with Crippen LogP contribution >= 0.6 is 0 Å². The number of Topliss-reactive ketones (excluding diaryl/α,β-unsaturated/α-hetero) is 1. The van der Waals surface area contributed by atoms with E-state index in [2.05, 4.69) is 0 Å². The van der Waals surface area contributed by atoms with Crippen LogP contribution in [0.3, 0.4) is 0 Å². The van der Waals surface area contributed by atoms with Gasteiger partial charge in [-0.05, 0) is 45.4 Å². The van der Waals surface area contributed by atoms with E-state index in [4.69, 9.17) is 14.2 Å². The topological polar surface area (TPSA) is 126 Å². The number of aliphatic hydroxyl groups excluding tert-OH is 4. The van der Waals surface area contributed by atoms with E-state index in [1.165, 1.54) is 6.92 Å². The minimum atomic E-state index is -2.03. The van der Waals surface area contributed by atoms with E-state index < -0.39 is 42.4 Å². The summed E-state index contributed by atoms with van der Waals surface area (Å²) in [4.78, 5) is 12.7. The lowest BCUT2D eigenvalue weighted by Crippen LogP contribution is -2.66. The Balaban J connectivity index is 2.77. The van der Waals surface area contributed by atoms with Crippen LogP contribution in [0.25, 0.3) is 0 Å². The maximum atomic E-state index is 12.7. The van der Waals surface area contributed by atoms with Crippen LogP contribution in [-0.2, 0) is 15.1 Å². The van der Waals surface area contributed by atoms with Crippen molar-refractivity contribution in [2.24, 2.45) is 0 Å². The summed E-state index contributed by atoms with van der Waals surface area (Å²) in [7, 11) is 0. The molecule has 0 aromatic heterocycles. The Morgan fingerprint density at radius 1 is 1.15 bits per heavy atom. The zero-order valence-electron chi connectivity index (χ0n) is 16.0. The van der Waals surface area contributed by atoms with Crippen LogP contribution in [0, 0.1) is 6.92 Å². The maximum Gasteiger partial charge on any atom is 0.183 e. The van der Waals surface area contributed by atoms with Gasteiger partial charge in [-0.3, -0.25) is 4.79 Å². The average molecular weight is 384 g/mol. The third-order valence-electron chi connectivity index (χ3n) is 4.70. The SMILES string of the molecule is CCOc1cc(C)cc(C2(C(C)=O)O[C@H](CO)[C@@H](O)[C@H](O)[C@H]2O)c1OCC. The van der Waals surface area contributed by atoms with Crippen molar-refractivity contribution in [1.29, 1.82) is 0 Å². The van der Waals surface area contributed by atoms with Crippen molar-refractivity contribution in [3.8, 4) is 11.5 Å². The molecule has 152 valence electrons. The molecule has 1 aliphatic rings. The van der Waals surface area contributed by atoms with Crippen LogP contribution in [0.4, 0.5) is 0 Å². The van der Waals surface area contributed by atoms with Gasteiger partial charge in [0.1, 0.15) is 24.4 Å². The summed E-state index contributed by atoms with van der Waals surface area (Å²) in [6.07, 6.45) is -6.30. The van der Waals surface area contributed by atoms with E-state index in [0.717, 1.165) is 5.56 Å². The number of carbonyl (C=O) groups excluding carboxylic acids is 1. The lowest BCUT2D eigenvalue weighted by Gasteiger charge is -2.47. The van der Waals surface area contributed by atoms with Gasteiger partial charge >= 0.3 is 0 Å². The van der Waals surface area contributed by atoms with Crippen LogP contribution in [0.15, 0.2) is 12.1 Å². The first-order valence-corrected chi connectivity index (χ1v) is 8.99. The van der Waals surface area contributed by atoms with Gasteiger partial charge in [0.2, 0.25) is 0 Å². The number of aryl methyl sites for hydroxylation is 1. The second kappa shape index (κ2) is 8.53. The van der Waals surface area contributed by atoms with Crippen LogP contribution in [0.5, 0.6) is 11.5 Å². The smallest absolute Gasteiger partial charge is 0.183 e. The Morgan fingerprint density at radius 2 is 1.78 bits per heavy atom. The van der Waals surface area contributed by atoms with Gasteiger partial charge in [-0.25, -0.2) is 0 Å². The standard InChI is InChI=1S/C19H28O8/c1-5-25-13-8-10(3)7-12(17(13)26-6-2)19(11(4)21)18(24)16(23)15(22)14(9-20)27-19/h7-8,14-16,18,20,22-24H,5-6,9H2,1-4H3/t14-,15-,16+,18-,19?/m1/s1. The second-order valence-corrected chi connectivity index (χ2v) is 6.56. The van der Waals surface area contributed by atoms with Crippen molar-refractivity contribution in [2.75, 3.05) is 19.8 Å². The Labute approximate surface area is 158 Å². The minimum absolute atomic E-state index is 0.178. The van der Waals surface area contributed by atoms with Crippen LogP contribution < -0.4 is 9.47 Å². The van der Waals surface area contributed by atoms with Gasteiger partial charge in [0.05, 0.1) is 19.8 Å². The Morgan fingerprint density at radius 3 is 2.30 bits per heavy atom. The molecule has 27 heavy (non-hydrogen) atoms. The van der Waals surface area contributed by atoms with Crippen molar-refractivity contribution in [2.45, 2.75) is 57.7 Å². The van der Waals surface area contributed by atoms with Crippen molar-refractivity contribution >= 4 is 5.78 Å². The molecule has 1 aliphatic heterocycles. The number of hydrogen-bond acceptors (Lipinski definition) is 8. The quantitative estimate of drug-likeness (QED) is 0.520. The fraction of sp³-hybridized carbons (Fsp3) is 0.632. The molecule has 1 aromatic rings. The summed E-state index contributed by atoms with van der Waals surface area (Å²) >= 11 is 0. The lowest BCUT2D eigenvalue weighted by molar-refractivity contribution is -0.269. The molecule has 0 saturated carbocycles. The van der Waals surface area contributed by atoms with Crippen LogP contribution in [0.2, 0.25) is 0 Å². The number of hydrogen-bond donors (Lipinski definition) is 4. The predicted molar refractivity (Wildman–Crippen MR) is 95.9 cm³/mol. The first-order valence-electron chi connectivity index (χ1n) is 8.99. The zero-order valence-corrected chi connectivity index (χ0v) is 16.0. The molecule has 5 atom stereocenters.